The first-order chi connectivity index (χ1) is 13.0. The zero-order valence-corrected chi connectivity index (χ0v) is 17.0. The Bertz CT molecular complexity index is 818. The molecule has 0 amide bonds. The van der Waals surface area contributed by atoms with Crippen LogP contribution in [-0.4, -0.2) is 76.0 Å². The van der Waals surface area contributed by atoms with Crippen molar-refractivity contribution in [3.8, 4) is 0 Å². The van der Waals surface area contributed by atoms with Crippen LogP contribution in [0.2, 0.25) is 5.28 Å². The average Bonchev–Trinajstić information content (AvgIpc) is 2.97. The molecule has 148 valence electrons. The van der Waals surface area contributed by atoms with Gasteiger partial charge in [-0.3, -0.25) is 4.90 Å². The monoisotopic (exact) mass is 394 g/mol. The zero-order valence-electron chi connectivity index (χ0n) is 16.2. The quantitative estimate of drug-likeness (QED) is 0.734. The number of anilines is 1. The lowest BCUT2D eigenvalue weighted by atomic mass is 10.1. The van der Waals surface area contributed by atoms with Gasteiger partial charge in [0.15, 0.2) is 17.0 Å². The Balaban J connectivity index is 1.71. The Hall–Kier alpha value is -1.48. The number of aromatic nitrogens is 4. The molecule has 0 spiro atoms. The fourth-order valence-corrected chi connectivity index (χ4v) is 4.06. The van der Waals surface area contributed by atoms with Crippen molar-refractivity contribution in [2.75, 3.05) is 50.9 Å². The highest BCUT2D eigenvalue weighted by Crippen LogP contribution is 2.28. The summed E-state index contributed by atoms with van der Waals surface area (Å²) in [5.74, 6) is 1.81. The Morgan fingerprint density at radius 3 is 2.56 bits per heavy atom. The first-order valence-corrected chi connectivity index (χ1v) is 9.96. The molecule has 0 radical (unpaired) electrons. The highest BCUT2D eigenvalue weighted by atomic mass is 35.5. The maximum atomic E-state index is 6.26. The third-order valence-electron chi connectivity index (χ3n) is 5.12. The SMILES string of the molecule is CCn1c(CN2CCOC(C)(C)C2)nc2c(N3CCOCC3)nc(Cl)nc21. The van der Waals surface area contributed by atoms with Gasteiger partial charge in [0.25, 0.3) is 0 Å². The number of nitrogens with zero attached hydrogens (tertiary/aromatic N) is 6. The first kappa shape index (κ1) is 18.9. The highest BCUT2D eigenvalue weighted by molar-refractivity contribution is 6.28. The van der Waals surface area contributed by atoms with Crippen molar-refractivity contribution in [1.82, 2.24) is 24.4 Å². The molecule has 9 heteroatoms. The van der Waals surface area contributed by atoms with E-state index in [0.29, 0.717) is 13.2 Å². The van der Waals surface area contributed by atoms with Gasteiger partial charge in [0.05, 0.1) is 32.0 Å². The van der Waals surface area contributed by atoms with Crippen molar-refractivity contribution in [2.45, 2.75) is 39.5 Å². The fraction of sp³-hybridized carbons (Fsp3) is 0.722. The van der Waals surface area contributed by atoms with Crippen LogP contribution in [0.5, 0.6) is 0 Å². The summed E-state index contributed by atoms with van der Waals surface area (Å²) in [7, 11) is 0. The molecular weight excluding hydrogens is 368 g/mol. The lowest BCUT2D eigenvalue weighted by Crippen LogP contribution is -2.48. The molecule has 8 nitrogen and oxygen atoms in total. The molecule has 0 saturated carbocycles. The van der Waals surface area contributed by atoms with Gasteiger partial charge in [-0.1, -0.05) is 0 Å². The zero-order chi connectivity index (χ0) is 19.0. The second-order valence-electron chi connectivity index (χ2n) is 7.68. The summed E-state index contributed by atoms with van der Waals surface area (Å²) in [5, 5.41) is 0.262. The molecule has 0 aromatic carbocycles. The van der Waals surface area contributed by atoms with Crippen molar-refractivity contribution in [3.05, 3.63) is 11.1 Å². The van der Waals surface area contributed by atoms with Crippen LogP contribution in [0, 0.1) is 0 Å². The van der Waals surface area contributed by atoms with E-state index < -0.39 is 0 Å². The van der Waals surface area contributed by atoms with E-state index in [0.717, 1.165) is 68.7 Å². The van der Waals surface area contributed by atoms with Gasteiger partial charge >= 0.3 is 0 Å². The van der Waals surface area contributed by atoms with E-state index in [1.165, 1.54) is 0 Å². The standard InChI is InChI=1S/C18H27ClN6O2/c1-4-25-13(11-23-5-10-27-18(2,3)12-23)20-14-15(21-17(19)22-16(14)25)24-6-8-26-9-7-24/h4-12H2,1-3H3. The molecule has 2 aliphatic rings. The average molecular weight is 395 g/mol. The molecule has 0 bridgehead atoms. The summed E-state index contributed by atoms with van der Waals surface area (Å²) in [6, 6.07) is 0. The molecule has 2 fully saturated rings. The summed E-state index contributed by atoms with van der Waals surface area (Å²) in [6.45, 7) is 13.4. The fourth-order valence-electron chi connectivity index (χ4n) is 3.90. The molecule has 0 unspecified atom stereocenters. The van der Waals surface area contributed by atoms with E-state index in [2.05, 4.69) is 45.1 Å². The Morgan fingerprint density at radius 1 is 1.07 bits per heavy atom. The molecule has 0 atom stereocenters. The van der Waals surface area contributed by atoms with Crippen molar-refractivity contribution >= 4 is 28.6 Å². The largest absolute Gasteiger partial charge is 0.378 e. The maximum absolute atomic E-state index is 6.26. The highest BCUT2D eigenvalue weighted by Gasteiger charge is 2.29. The van der Waals surface area contributed by atoms with Gasteiger partial charge in [-0.2, -0.15) is 9.97 Å². The summed E-state index contributed by atoms with van der Waals surface area (Å²) >= 11 is 6.26. The van der Waals surface area contributed by atoms with Crippen LogP contribution in [0.4, 0.5) is 5.82 Å². The van der Waals surface area contributed by atoms with Gasteiger partial charge in [-0.15, -0.1) is 0 Å². The van der Waals surface area contributed by atoms with E-state index in [9.17, 15) is 0 Å². The number of halogens is 1. The molecule has 27 heavy (non-hydrogen) atoms. The van der Waals surface area contributed by atoms with Gasteiger partial charge in [-0.25, -0.2) is 4.98 Å². The number of hydrogen-bond acceptors (Lipinski definition) is 7. The smallest absolute Gasteiger partial charge is 0.226 e. The molecular formula is C18H27ClN6O2. The molecule has 0 aliphatic carbocycles. The number of ether oxygens (including phenoxy) is 2. The van der Waals surface area contributed by atoms with Crippen molar-refractivity contribution < 1.29 is 9.47 Å². The van der Waals surface area contributed by atoms with Crippen LogP contribution >= 0.6 is 11.6 Å². The molecule has 4 heterocycles. The number of aryl methyl sites for hydroxylation is 1. The van der Waals surface area contributed by atoms with Crippen LogP contribution in [0.3, 0.4) is 0 Å². The Kier molecular flexibility index (Phi) is 5.24. The molecule has 2 saturated heterocycles. The van der Waals surface area contributed by atoms with Crippen LogP contribution < -0.4 is 4.90 Å². The minimum Gasteiger partial charge on any atom is -0.378 e. The number of imidazole rings is 1. The Morgan fingerprint density at radius 2 is 1.85 bits per heavy atom. The summed E-state index contributed by atoms with van der Waals surface area (Å²) in [4.78, 5) is 18.5. The number of morpholine rings is 2. The third kappa shape index (κ3) is 3.89. The molecule has 2 aliphatic heterocycles. The van der Waals surface area contributed by atoms with Gasteiger partial charge in [-0.05, 0) is 32.4 Å². The van der Waals surface area contributed by atoms with Crippen LogP contribution in [0.1, 0.15) is 26.6 Å². The lowest BCUT2D eigenvalue weighted by molar-refractivity contribution is -0.0889. The summed E-state index contributed by atoms with van der Waals surface area (Å²) in [5.41, 5.74) is 1.50. The molecule has 0 N–H and O–H groups in total. The number of rotatable bonds is 4. The molecule has 2 aromatic heterocycles. The van der Waals surface area contributed by atoms with Crippen LogP contribution in [0.15, 0.2) is 0 Å². The minimum atomic E-state index is -0.136. The van der Waals surface area contributed by atoms with Crippen LogP contribution in [-0.2, 0) is 22.6 Å². The van der Waals surface area contributed by atoms with Crippen LogP contribution in [0.25, 0.3) is 11.2 Å². The van der Waals surface area contributed by atoms with Crippen molar-refractivity contribution in [3.63, 3.8) is 0 Å². The van der Waals surface area contributed by atoms with Gasteiger partial charge < -0.3 is 18.9 Å². The second-order valence-corrected chi connectivity index (χ2v) is 8.02. The summed E-state index contributed by atoms with van der Waals surface area (Å²) < 4.78 is 13.5. The van der Waals surface area contributed by atoms with Gasteiger partial charge in [0.1, 0.15) is 5.82 Å². The molecule has 2 aromatic rings. The number of hydrogen-bond donors (Lipinski definition) is 0. The summed E-state index contributed by atoms with van der Waals surface area (Å²) in [6.07, 6.45) is 0. The van der Waals surface area contributed by atoms with E-state index in [4.69, 9.17) is 26.1 Å². The molecule has 4 rings (SSSR count). The third-order valence-corrected chi connectivity index (χ3v) is 5.29. The predicted octanol–water partition coefficient (Wildman–Crippen LogP) is 1.95. The normalized spacial score (nSPS) is 21.1. The van der Waals surface area contributed by atoms with Gasteiger partial charge in [0.2, 0.25) is 5.28 Å². The Labute approximate surface area is 164 Å². The van der Waals surface area contributed by atoms with Crippen molar-refractivity contribution in [1.29, 1.82) is 0 Å². The lowest BCUT2D eigenvalue weighted by Gasteiger charge is -2.37. The van der Waals surface area contributed by atoms with E-state index in [1.54, 1.807) is 0 Å². The number of fused-ring (bicyclic) bond motifs is 1. The topological polar surface area (TPSA) is 68.5 Å². The van der Waals surface area contributed by atoms with Gasteiger partial charge in [0, 0.05) is 32.7 Å². The first-order valence-electron chi connectivity index (χ1n) is 9.58. The van der Waals surface area contributed by atoms with E-state index in [-0.39, 0.29) is 10.9 Å². The second kappa shape index (κ2) is 7.50. The predicted molar refractivity (Wildman–Crippen MR) is 104 cm³/mol. The maximum Gasteiger partial charge on any atom is 0.226 e. The van der Waals surface area contributed by atoms with E-state index in [1.807, 2.05) is 0 Å². The minimum absolute atomic E-state index is 0.136. The van der Waals surface area contributed by atoms with E-state index >= 15 is 0 Å². The van der Waals surface area contributed by atoms with Crippen molar-refractivity contribution in [2.24, 2.45) is 0 Å².